The van der Waals surface area contributed by atoms with Gasteiger partial charge in [-0.15, -0.1) is 0 Å². The van der Waals surface area contributed by atoms with Gasteiger partial charge in [0.05, 0.1) is 5.69 Å². The second-order valence-electron chi connectivity index (χ2n) is 9.25. The van der Waals surface area contributed by atoms with Gasteiger partial charge in [-0.25, -0.2) is 4.99 Å². The van der Waals surface area contributed by atoms with Gasteiger partial charge in [-0.2, -0.15) is 26.3 Å². The van der Waals surface area contributed by atoms with Crippen LogP contribution in [0.3, 0.4) is 0 Å². The van der Waals surface area contributed by atoms with E-state index < -0.39 is 58.9 Å². The predicted octanol–water partition coefficient (Wildman–Crippen LogP) is 6.41. The smallest absolute Gasteiger partial charge is 0.442 e. The molecule has 0 saturated heterocycles. The third-order valence-corrected chi connectivity index (χ3v) is 6.60. The molecule has 33 heavy (non-hydrogen) atoms. The molecule has 1 aromatic carbocycles. The van der Waals surface area contributed by atoms with Gasteiger partial charge < -0.3 is 14.8 Å². The molecule has 4 nitrogen and oxygen atoms in total. The zero-order valence-electron chi connectivity index (χ0n) is 19.6. The number of fused-ring (bicyclic) bond motifs is 1. The Labute approximate surface area is 190 Å². The number of ether oxygens (including phenoxy) is 1. The van der Waals surface area contributed by atoms with Crippen molar-refractivity contribution in [2.45, 2.75) is 84.3 Å². The van der Waals surface area contributed by atoms with E-state index in [1.165, 1.54) is 6.07 Å². The van der Waals surface area contributed by atoms with Gasteiger partial charge in [0.25, 0.3) is 0 Å². The highest BCUT2D eigenvalue weighted by molar-refractivity contribution is 6.97. The van der Waals surface area contributed by atoms with E-state index in [4.69, 9.17) is 0 Å². The number of hydrogen-bond acceptors (Lipinski definition) is 4. The van der Waals surface area contributed by atoms with Crippen LogP contribution in [0.15, 0.2) is 23.2 Å². The van der Waals surface area contributed by atoms with E-state index in [9.17, 15) is 31.1 Å². The molecule has 0 radical (unpaired) electrons. The summed E-state index contributed by atoms with van der Waals surface area (Å²) in [6.07, 6.45) is -10.4. The van der Waals surface area contributed by atoms with E-state index in [0.717, 1.165) is 12.1 Å². The Morgan fingerprint density at radius 1 is 1.00 bits per heavy atom. The van der Waals surface area contributed by atoms with Crippen molar-refractivity contribution in [2.75, 3.05) is 5.32 Å². The van der Waals surface area contributed by atoms with Gasteiger partial charge in [0.1, 0.15) is 11.5 Å². The molecule has 1 heterocycles. The van der Waals surface area contributed by atoms with Crippen LogP contribution in [0.2, 0.25) is 0 Å². The van der Waals surface area contributed by atoms with Crippen LogP contribution in [-0.4, -0.2) is 36.7 Å². The summed E-state index contributed by atoms with van der Waals surface area (Å²) in [5, 5.41) is 2.94. The van der Waals surface area contributed by atoms with E-state index in [2.05, 4.69) is 15.0 Å². The SMILES string of the molecule is CCC(C)(C)Nc1ccc2c(c1)C(C(F)(F)F)(C(F)(F)F)OC(BC(=O)C(C)(CC)CC)=N2. The Morgan fingerprint density at radius 2 is 1.55 bits per heavy atom. The highest BCUT2D eigenvalue weighted by atomic mass is 19.4. The molecule has 0 atom stereocenters. The second kappa shape index (κ2) is 8.87. The molecule has 0 bridgehead atoms. The minimum absolute atomic E-state index is 0.0707. The van der Waals surface area contributed by atoms with Crippen LogP contribution in [0, 0.1) is 5.41 Å². The fourth-order valence-corrected chi connectivity index (χ4v) is 3.51. The van der Waals surface area contributed by atoms with Gasteiger partial charge in [-0.1, -0.05) is 27.7 Å². The molecule has 0 amide bonds. The lowest BCUT2D eigenvalue weighted by Crippen LogP contribution is -2.59. The average Bonchev–Trinajstić information content (AvgIpc) is 2.70. The molecule has 0 saturated carbocycles. The molecule has 0 unspecified atom stereocenters. The van der Waals surface area contributed by atoms with Crippen LogP contribution in [0.25, 0.3) is 0 Å². The minimum atomic E-state index is -5.86. The van der Waals surface area contributed by atoms with Crippen molar-refractivity contribution in [3.63, 3.8) is 0 Å². The van der Waals surface area contributed by atoms with Crippen LogP contribution >= 0.6 is 0 Å². The first-order chi connectivity index (χ1) is 15.0. The quantitative estimate of drug-likeness (QED) is 0.347. The Hall–Kier alpha value is -2.20. The Balaban J connectivity index is 2.70. The molecule has 11 heteroatoms. The standard InChI is InChI=1S/C22H29BF6N2O2/c1-7-18(4,5)31-13-10-11-15-14(12-13)20(21(24,25)26,22(27,28)29)33-17(30-15)23-16(32)19(6,8-2)9-3/h10-12,23,31H,7-9H2,1-6H3. The first-order valence-corrected chi connectivity index (χ1v) is 10.8. The summed E-state index contributed by atoms with van der Waals surface area (Å²) in [6.45, 7) is 10.4. The van der Waals surface area contributed by atoms with Crippen molar-refractivity contribution in [3.05, 3.63) is 23.8 Å². The molecule has 1 aliphatic heterocycles. The highest BCUT2D eigenvalue weighted by Gasteiger charge is 2.76. The van der Waals surface area contributed by atoms with Crippen LogP contribution in [-0.2, 0) is 15.1 Å². The van der Waals surface area contributed by atoms with Gasteiger partial charge in [-0.05, 0) is 51.3 Å². The number of halogens is 6. The van der Waals surface area contributed by atoms with Crippen molar-refractivity contribution in [1.82, 2.24) is 0 Å². The number of nitrogens with zero attached hydrogens (tertiary/aromatic N) is 1. The molecule has 2 rings (SSSR count). The summed E-state index contributed by atoms with van der Waals surface area (Å²) in [7, 11) is -0.769. The number of hydrogen-bond donors (Lipinski definition) is 1. The van der Waals surface area contributed by atoms with Gasteiger partial charge in [0.2, 0.25) is 0 Å². The number of benzene rings is 1. The molecule has 184 valence electrons. The highest BCUT2D eigenvalue weighted by Crippen LogP contribution is 2.57. The summed E-state index contributed by atoms with van der Waals surface area (Å²) in [5.74, 6) is -0.898. The summed E-state index contributed by atoms with van der Waals surface area (Å²) in [5.41, 5.74) is -8.29. The van der Waals surface area contributed by atoms with Crippen molar-refractivity contribution < 1.29 is 35.9 Å². The fraction of sp³-hybridized carbons (Fsp3) is 0.636. The van der Waals surface area contributed by atoms with Gasteiger partial charge >= 0.3 is 25.2 Å². The molecule has 0 aromatic heterocycles. The lowest BCUT2D eigenvalue weighted by molar-refractivity contribution is -0.369. The lowest BCUT2D eigenvalue weighted by atomic mass is 9.59. The predicted molar refractivity (Wildman–Crippen MR) is 117 cm³/mol. The zero-order valence-corrected chi connectivity index (χ0v) is 19.6. The zero-order chi connectivity index (χ0) is 25.5. The summed E-state index contributed by atoms with van der Waals surface area (Å²) in [6, 6.07) is 3.23. The number of carbonyl (C=O) groups excluding carboxylic acids is 1. The number of aliphatic imine (C=N–C) groups is 1. The molecular formula is C22H29BF6N2O2. The van der Waals surface area contributed by atoms with Crippen LogP contribution in [0.4, 0.5) is 37.7 Å². The number of alkyl halides is 6. The Morgan fingerprint density at radius 3 is 2.00 bits per heavy atom. The number of carbonyl (C=O) groups is 1. The normalized spacial score (nSPS) is 16.4. The maximum absolute atomic E-state index is 14.2. The van der Waals surface area contributed by atoms with E-state index in [0.29, 0.717) is 19.3 Å². The third-order valence-electron chi connectivity index (χ3n) is 6.60. The summed E-state index contributed by atoms with van der Waals surface area (Å²) >= 11 is 0. The molecule has 0 spiro atoms. The van der Waals surface area contributed by atoms with Gasteiger partial charge in [0.15, 0.2) is 0 Å². The van der Waals surface area contributed by atoms with Crippen molar-refractivity contribution in [3.8, 4) is 0 Å². The average molecular weight is 478 g/mol. The summed E-state index contributed by atoms with van der Waals surface area (Å²) < 4.78 is 89.7. The van der Waals surface area contributed by atoms with Crippen LogP contribution in [0.1, 0.15) is 66.4 Å². The van der Waals surface area contributed by atoms with Gasteiger partial charge in [0, 0.05) is 22.2 Å². The van der Waals surface area contributed by atoms with E-state index in [1.54, 1.807) is 34.6 Å². The topological polar surface area (TPSA) is 50.7 Å². The lowest BCUT2D eigenvalue weighted by Gasteiger charge is -2.41. The third kappa shape index (κ3) is 5.01. The minimum Gasteiger partial charge on any atom is -0.460 e. The molecule has 0 aliphatic carbocycles. The van der Waals surface area contributed by atoms with Crippen molar-refractivity contribution >= 4 is 30.1 Å². The van der Waals surface area contributed by atoms with Gasteiger partial charge in [-0.3, -0.25) is 0 Å². The van der Waals surface area contributed by atoms with E-state index >= 15 is 0 Å². The van der Waals surface area contributed by atoms with Crippen molar-refractivity contribution in [1.29, 1.82) is 0 Å². The monoisotopic (exact) mass is 478 g/mol. The first kappa shape index (κ1) is 27.1. The molecule has 1 N–H and O–H groups in total. The second-order valence-corrected chi connectivity index (χ2v) is 9.25. The van der Waals surface area contributed by atoms with E-state index in [-0.39, 0.29) is 5.69 Å². The molecule has 0 fully saturated rings. The Bertz CT molecular complexity index is 906. The maximum Gasteiger partial charge on any atom is 0.442 e. The van der Waals surface area contributed by atoms with Crippen LogP contribution < -0.4 is 5.32 Å². The van der Waals surface area contributed by atoms with Crippen molar-refractivity contribution in [2.24, 2.45) is 10.4 Å². The first-order valence-electron chi connectivity index (χ1n) is 10.8. The molecule has 1 aromatic rings. The number of nitrogens with one attached hydrogen (secondary N) is 1. The number of rotatable bonds is 8. The molecule has 1 aliphatic rings. The van der Waals surface area contributed by atoms with Crippen LogP contribution in [0.5, 0.6) is 0 Å². The fourth-order valence-electron chi connectivity index (χ4n) is 3.51. The number of anilines is 1. The maximum atomic E-state index is 14.2. The largest absolute Gasteiger partial charge is 0.460 e. The van der Waals surface area contributed by atoms with E-state index in [1.807, 2.05) is 6.92 Å². The molecular weight excluding hydrogens is 449 g/mol. The Kier molecular flexibility index (Phi) is 7.27. The summed E-state index contributed by atoms with van der Waals surface area (Å²) in [4.78, 5) is 16.6.